The predicted molar refractivity (Wildman–Crippen MR) is 93.7 cm³/mol. The molecule has 5 nitrogen and oxygen atoms in total. The molecule has 0 aliphatic carbocycles. The Morgan fingerprint density at radius 3 is 1.76 bits per heavy atom. The van der Waals surface area contributed by atoms with Crippen molar-refractivity contribution in [2.75, 3.05) is 20.0 Å². The fourth-order valence-electron chi connectivity index (χ4n) is 2.12. The van der Waals surface area contributed by atoms with Crippen molar-refractivity contribution in [1.82, 2.24) is 0 Å². The van der Waals surface area contributed by atoms with Crippen LogP contribution < -0.4 is 0 Å². The lowest BCUT2D eigenvalue weighted by molar-refractivity contribution is -0.166. The monoisotopic (exact) mass is 344 g/mol. The summed E-state index contributed by atoms with van der Waals surface area (Å²) in [5.74, 6) is -0.380. The van der Waals surface area contributed by atoms with E-state index in [4.69, 9.17) is 18.9 Å². The Hall–Kier alpha value is -2.21. The number of ether oxygens (including phenoxy) is 4. The fraction of sp³-hybridized carbons (Fsp3) is 0.350. The van der Waals surface area contributed by atoms with Gasteiger partial charge in [-0.2, -0.15) is 0 Å². The number of hydrogen-bond donors (Lipinski definition) is 0. The minimum absolute atomic E-state index is 0.108. The molecule has 0 spiro atoms. The van der Waals surface area contributed by atoms with E-state index in [-0.39, 0.29) is 18.9 Å². The topological polar surface area (TPSA) is 54.0 Å². The minimum atomic E-state index is -0.380. The second kappa shape index (κ2) is 11.4. The molecular weight excluding hydrogens is 320 g/mol. The van der Waals surface area contributed by atoms with E-state index in [1.807, 2.05) is 60.7 Å². The molecule has 0 amide bonds. The highest BCUT2D eigenvalue weighted by Gasteiger charge is 2.11. The summed E-state index contributed by atoms with van der Waals surface area (Å²) in [4.78, 5) is 10.9. The molecule has 0 bridgehead atoms. The van der Waals surface area contributed by atoms with E-state index in [1.54, 1.807) is 0 Å². The molecule has 0 radical (unpaired) electrons. The molecule has 25 heavy (non-hydrogen) atoms. The Kier molecular flexibility index (Phi) is 8.69. The van der Waals surface area contributed by atoms with Crippen LogP contribution in [0.15, 0.2) is 60.7 Å². The van der Waals surface area contributed by atoms with Crippen LogP contribution in [0.3, 0.4) is 0 Å². The van der Waals surface area contributed by atoms with Crippen LogP contribution >= 0.6 is 0 Å². The number of rotatable bonds is 11. The number of carbonyl (C=O) groups is 1. The average molecular weight is 344 g/mol. The maximum atomic E-state index is 10.9. The zero-order valence-electron chi connectivity index (χ0n) is 14.4. The number of hydrogen-bond acceptors (Lipinski definition) is 5. The summed E-state index contributed by atoms with van der Waals surface area (Å²) < 4.78 is 21.8. The maximum Gasteiger partial charge on any atom is 0.304 e. The average Bonchev–Trinajstić information content (AvgIpc) is 2.63. The summed E-state index contributed by atoms with van der Waals surface area (Å²) in [6.07, 6.45) is -0.313. The first-order valence-corrected chi connectivity index (χ1v) is 8.22. The van der Waals surface area contributed by atoms with Crippen molar-refractivity contribution >= 4 is 5.97 Å². The van der Waals surface area contributed by atoms with E-state index < -0.39 is 0 Å². The van der Waals surface area contributed by atoms with Gasteiger partial charge in [-0.3, -0.25) is 4.79 Å². The summed E-state index contributed by atoms with van der Waals surface area (Å²) in [6, 6.07) is 19.8. The quantitative estimate of drug-likeness (QED) is 0.462. The second-order valence-corrected chi connectivity index (χ2v) is 5.54. The van der Waals surface area contributed by atoms with Crippen molar-refractivity contribution in [2.24, 2.45) is 0 Å². The molecule has 134 valence electrons. The van der Waals surface area contributed by atoms with Crippen molar-refractivity contribution in [3.63, 3.8) is 0 Å². The van der Waals surface area contributed by atoms with Gasteiger partial charge in [-0.25, -0.2) is 0 Å². The SMILES string of the molecule is CC(=O)OCOC(COCc1ccccc1)COCc1ccccc1. The smallest absolute Gasteiger partial charge is 0.304 e. The van der Waals surface area contributed by atoms with Gasteiger partial charge >= 0.3 is 5.97 Å². The number of carbonyl (C=O) groups excluding carboxylic acids is 1. The van der Waals surface area contributed by atoms with Gasteiger partial charge in [-0.15, -0.1) is 0 Å². The largest absolute Gasteiger partial charge is 0.439 e. The third-order valence-electron chi connectivity index (χ3n) is 3.40. The molecule has 0 fully saturated rings. The first-order valence-electron chi connectivity index (χ1n) is 8.22. The molecule has 0 saturated carbocycles. The Bertz CT molecular complexity index is 554. The molecule has 0 aromatic heterocycles. The summed E-state index contributed by atoms with van der Waals surface area (Å²) >= 11 is 0. The molecule has 0 aliphatic heterocycles. The highest BCUT2D eigenvalue weighted by atomic mass is 16.7. The Morgan fingerprint density at radius 2 is 1.32 bits per heavy atom. The van der Waals surface area contributed by atoms with Gasteiger partial charge in [0, 0.05) is 6.92 Å². The van der Waals surface area contributed by atoms with E-state index in [1.165, 1.54) is 6.92 Å². The highest BCUT2D eigenvalue weighted by Crippen LogP contribution is 2.05. The van der Waals surface area contributed by atoms with Crippen LogP contribution in [-0.2, 0) is 37.0 Å². The van der Waals surface area contributed by atoms with E-state index in [2.05, 4.69) is 0 Å². The lowest BCUT2D eigenvalue weighted by Crippen LogP contribution is -2.27. The Balaban J connectivity index is 1.74. The molecule has 0 unspecified atom stereocenters. The summed E-state index contributed by atoms with van der Waals surface area (Å²) in [5, 5.41) is 0. The molecule has 2 aromatic rings. The highest BCUT2D eigenvalue weighted by molar-refractivity contribution is 5.65. The minimum Gasteiger partial charge on any atom is -0.439 e. The number of esters is 1. The molecule has 2 rings (SSSR count). The molecule has 0 saturated heterocycles. The normalized spacial score (nSPS) is 10.8. The maximum absolute atomic E-state index is 10.9. The molecule has 2 aromatic carbocycles. The van der Waals surface area contributed by atoms with Crippen molar-refractivity contribution < 1.29 is 23.7 Å². The van der Waals surface area contributed by atoms with Crippen LogP contribution in [0, 0.1) is 0 Å². The molecule has 0 aliphatic rings. The van der Waals surface area contributed by atoms with Gasteiger partial charge in [0.15, 0.2) is 6.79 Å². The van der Waals surface area contributed by atoms with Gasteiger partial charge in [0.05, 0.1) is 26.4 Å². The summed E-state index contributed by atoms with van der Waals surface area (Å²) in [6.45, 7) is 2.93. The van der Waals surface area contributed by atoms with Crippen LogP contribution in [0.2, 0.25) is 0 Å². The zero-order valence-corrected chi connectivity index (χ0v) is 14.4. The van der Waals surface area contributed by atoms with Crippen LogP contribution in [0.1, 0.15) is 18.1 Å². The summed E-state index contributed by atoms with van der Waals surface area (Å²) in [5.41, 5.74) is 2.18. The molecule has 0 atom stereocenters. The van der Waals surface area contributed by atoms with Gasteiger partial charge in [0.2, 0.25) is 0 Å². The van der Waals surface area contributed by atoms with Crippen molar-refractivity contribution in [2.45, 2.75) is 26.2 Å². The molecule has 5 heteroatoms. The third kappa shape index (κ3) is 8.44. The van der Waals surface area contributed by atoms with Crippen LogP contribution in [-0.4, -0.2) is 32.1 Å². The van der Waals surface area contributed by atoms with Crippen LogP contribution in [0.25, 0.3) is 0 Å². The van der Waals surface area contributed by atoms with Gasteiger partial charge < -0.3 is 18.9 Å². The van der Waals surface area contributed by atoms with Crippen molar-refractivity contribution in [3.05, 3.63) is 71.8 Å². The van der Waals surface area contributed by atoms with Gasteiger partial charge in [-0.05, 0) is 11.1 Å². The number of benzene rings is 2. The van der Waals surface area contributed by atoms with Gasteiger partial charge in [0.1, 0.15) is 6.10 Å². The first kappa shape index (κ1) is 19.1. The van der Waals surface area contributed by atoms with Crippen molar-refractivity contribution in [3.8, 4) is 0 Å². The second-order valence-electron chi connectivity index (χ2n) is 5.54. The fourth-order valence-corrected chi connectivity index (χ4v) is 2.12. The third-order valence-corrected chi connectivity index (χ3v) is 3.40. The zero-order chi connectivity index (χ0) is 17.7. The van der Waals surface area contributed by atoms with E-state index in [0.29, 0.717) is 26.4 Å². The lowest BCUT2D eigenvalue weighted by atomic mass is 10.2. The molecule has 0 N–H and O–H groups in total. The summed E-state index contributed by atoms with van der Waals surface area (Å²) in [7, 11) is 0. The lowest BCUT2D eigenvalue weighted by Gasteiger charge is -2.18. The molecular formula is C20H24O5. The van der Waals surface area contributed by atoms with E-state index >= 15 is 0 Å². The van der Waals surface area contributed by atoms with Crippen LogP contribution in [0.5, 0.6) is 0 Å². The van der Waals surface area contributed by atoms with E-state index in [9.17, 15) is 4.79 Å². The Labute approximate surface area is 148 Å². The first-order chi connectivity index (χ1) is 12.2. The predicted octanol–water partition coefficient (Wildman–Crippen LogP) is 3.33. The van der Waals surface area contributed by atoms with Crippen LogP contribution in [0.4, 0.5) is 0 Å². The van der Waals surface area contributed by atoms with Gasteiger partial charge in [0.25, 0.3) is 0 Å². The Morgan fingerprint density at radius 1 is 0.840 bits per heavy atom. The standard InChI is InChI=1S/C20H24O5/c1-17(21)24-16-25-20(14-22-12-18-8-4-2-5-9-18)15-23-13-19-10-6-3-7-11-19/h2-11,20H,12-16H2,1H3. The van der Waals surface area contributed by atoms with Gasteiger partial charge in [-0.1, -0.05) is 60.7 Å². The molecule has 0 heterocycles. The van der Waals surface area contributed by atoms with Crippen molar-refractivity contribution in [1.29, 1.82) is 0 Å². The van der Waals surface area contributed by atoms with E-state index in [0.717, 1.165) is 11.1 Å².